The van der Waals surface area contributed by atoms with Gasteiger partial charge >= 0.3 is 0 Å². The molecule has 2 rings (SSSR count). The molecule has 1 unspecified atom stereocenters. The van der Waals surface area contributed by atoms with Gasteiger partial charge < -0.3 is 0 Å². The van der Waals surface area contributed by atoms with Gasteiger partial charge in [-0.1, -0.05) is 62.1 Å². The second kappa shape index (κ2) is 5.01. The second-order valence-electron chi connectivity index (χ2n) is 4.56. The van der Waals surface area contributed by atoms with E-state index in [-0.39, 0.29) is 0 Å². The summed E-state index contributed by atoms with van der Waals surface area (Å²) < 4.78 is 0. The lowest BCUT2D eigenvalue weighted by atomic mass is 10.0. The highest BCUT2D eigenvalue weighted by atomic mass is 14.1. The minimum atomic E-state index is 0.481. The third kappa shape index (κ3) is 2.85. The van der Waals surface area contributed by atoms with Crippen molar-refractivity contribution < 1.29 is 0 Å². The first-order valence-corrected chi connectivity index (χ1v) is 6.00. The van der Waals surface area contributed by atoms with E-state index in [2.05, 4.69) is 75.1 Å². The lowest BCUT2D eigenvalue weighted by Gasteiger charge is -2.03. The molecule has 0 nitrogen and oxygen atoms in total. The molecule has 1 aromatic carbocycles. The van der Waals surface area contributed by atoms with Gasteiger partial charge in [0, 0.05) is 0 Å². The summed E-state index contributed by atoms with van der Waals surface area (Å²) in [5.41, 5.74) is 4.83. The molecule has 1 aliphatic carbocycles. The highest BCUT2D eigenvalue weighted by molar-refractivity contribution is 5.66. The topological polar surface area (TPSA) is 0 Å². The summed E-state index contributed by atoms with van der Waals surface area (Å²) in [6, 6.07) is 8.41. The molecule has 1 aromatic rings. The summed E-state index contributed by atoms with van der Waals surface area (Å²) >= 11 is 0. The van der Waals surface area contributed by atoms with Crippen LogP contribution in [0.2, 0.25) is 0 Å². The molecule has 0 N–H and O–H groups in total. The molecule has 0 saturated heterocycles. The number of allylic oxidation sites excluding steroid dienone is 6. The SMILES string of the molecule is C=C1C=CC(C)C=C/C1=C/c1ccccc1C. The third-order valence-electron chi connectivity index (χ3n) is 3.05. The molecule has 0 radical (unpaired) electrons. The standard InChI is InChI=1S/C17H18/c1-13-8-10-15(3)17(11-9-13)12-16-7-5-4-6-14(16)2/h4-13H,3H2,1-2H3/b17-12-. The lowest BCUT2D eigenvalue weighted by molar-refractivity contribution is 0.943. The van der Waals surface area contributed by atoms with Gasteiger partial charge in [-0.3, -0.25) is 0 Å². The Morgan fingerprint density at radius 1 is 1.12 bits per heavy atom. The van der Waals surface area contributed by atoms with Gasteiger partial charge in [0.25, 0.3) is 0 Å². The molecule has 0 saturated carbocycles. The third-order valence-corrected chi connectivity index (χ3v) is 3.05. The molecule has 0 spiro atoms. The van der Waals surface area contributed by atoms with Crippen molar-refractivity contribution in [1.29, 1.82) is 0 Å². The fourth-order valence-electron chi connectivity index (χ4n) is 1.85. The predicted molar refractivity (Wildman–Crippen MR) is 75.7 cm³/mol. The van der Waals surface area contributed by atoms with E-state index in [1.165, 1.54) is 16.7 Å². The summed E-state index contributed by atoms with van der Waals surface area (Å²) in [6.07, 6.45) is 10.9. The largest absolute Gasteiger partial charge is 0.0912 e. The Bertz CT molecular complexity index is 513. The van der Waals surface area contributed by atoms with Gasteiger partial charge in [0.05, 0.1) is 0 Å². The highest BCUT2D eigenvalue weighted by Gasteiger charge is 2.03. The predicted octanol–water partition coefficient (Wildman–Crippen LogP) is 4.70. The van der Waals surface area contributed by atoms with Crippen LogP contribution in [-0.2, 0) is 0 Å². The first-order valence-electron chi connectivity index (χ1n) is 6.00. The molecule has 0 heteroatoms. The Morgan fingerprint density at radius 2 is 1.82 bits per heavy atom. The molecule has 1 aliphatic rings. The molecule has 0 aliphatic heterocycles. The van der Waals surface area contributed by atoms with Gasteiger partial charge in [-0.15, -0.1) is 0 Å². The van der Waals surface area contributed by atoms with Crippen molar-refractivity contribution >= 4 is 6.08 Å². The van der Waals surface area contributed by atoms with Crippen LogP contribution in [0.3, 0.4) is 0 Å². The van der Waals surface area contributed by atoms with Crippen molar-refractivity contribution in [1.82, 2.24) is 0 Å². The van der Waals surface area contributed by atoms with Crippen LogP contribution < -0.4 is 0 Å². The van der Waals surface area contributed by atoms with Crippen molar-refractivity contribution in [3.63, 3.8) is 0 Å². The maximum Gasteiger partial charge on any atom is -0.00752 e. The van der Waals surface area contributed by atoms with Gasteiger partial charge in [-0.05, 0) is 41.2 Å². The van der Waals surface area contributed by atoms with E-state index in [0.29, 0.717) is 5.92 Å². The molecule has 1 atom stereocenters. The molecular formula is C17H18. The van der Waals surface area contributed by atoms with Crippen LogP contribution in [0.4, 0.5) is 0 Å². The van der Waals surface area contributed by atoms with Crippen LogP contribution in [0.15, 0.2) is 66.3 Å². The highest BCUT2D eigenvalue weighted by Crippen LogP contribution is 2.22. The van der Waals surface area contributed by atoms with Gasteiger partial charge in [-0.2, -0.15) is 0 Å². The van der Waals surface area contributed by atoms with Crippen LogP contribution in [0, 0.1) is 12.8 Å². The van der Waals surface area contributed by atoms with Crippen LogP contribution in [0.1, 0.15) is 18.1 Å². The minimum Gasteiger partial charge on any atom is -0.0912 e. The first-order chi connectivity index (χ1) is 8.16. The van der Waals surface area contributed by atoms with E-state index in [1.54, 1.807) is 0 Å². The van der Waals surface area contributed by atoms with Gasteiger partial charge in [0.1, 0.15) is 0 Å². The Labute approximate surface area is 104 Å². The Morgan fingerprint density at radius 3 is 2.59 bits per heavy atom. The van der Waals surface area contributed by atoms with Crippen molar-refractivity contribution in [3.8, 4) is 0 Å². The molecule has 0 fully saturated rings. The molecule has 0 heterocycles. The maximum absolute atomic E-state index is 4.11. The van der Waals surface area contributed by atoms with Crippen LogP contribution >= 0.6 is 0 Å². The summed E-state index contributed by atoms with van der Waals surface area (Å²) in [7, 11) is 0. The van der Waals surface area contributed by atoms with E-state index < -0.39 is 0 Å². The van der Waals surface area contributed by atoms with Gasteiger partial charge in [0.2, 0.25) is 0 Å². The Balaban J connectivity index is 2.40. The van der Waals surface area contributed by atoms with Crippen molar-refractivity contribution in [2.75, 3.05) is 0 Å². The first kappa shape index (κ1) is 11.7. The zero-order valence-corrected chi connectivity index (χ0v) is 10.5. The quantitative estimate of drug-likeness (QED) is 0.646. The van der Waals surface area contributed by atoms with Crippen LogP contribution in [0.25, 0.3) is 6.08 Å². The van der Waals surface area contributed by atoms with E-state index >= 15 is 0 Å². The fourth-order valence-corrected chi connectivity index (χ4v) is 1.85. The van der Waals surface area contributed by atoms with Crippen molar-refractivity contribution in [2.45, 2.75) is 13.8 Å². The number of rotatable bonds is 1. The summed E-state index contributed by atoms with van der Waals surface area (Å²) in [4.78, 5) is 0. The van der Waals surface area contributed by atoms with Crippen molar-refractivity contribution in [3.05, 3.63) is 77.4 Å². The van der Waals surface area contributed by atoms with E-state index in [4.69, 9.17) is 0 Å². The van der Waals surface area contributed by atoms with Gasteiger partial charge in [-0.25, -0.2) is 0 Å². The number of hydrogen-bond donors (Lipinski definition) is 0. The Kier molecular flexibility index (Phi) is 3.43. The molecular weight excluding hydrogens is 204 g/mol. The summed E-state index contributed by atoms with van der Waals surface area (Å²) in [6.45, 7) is 8.42. The fraction of sp³-hybridized carbons (Fsp3) is 0.176. The molecule has 0 amide bonds. The lowest BCUT2D eigenvalue weighted by Crippen LogP contribution is -1.84. The van der Waals surface area contributed by atoms with Crippen LogP contribution in [-0.4, -0.2) is 0 Å². The van der Waals surface area contributed by atoms with E-state index in [9.17, 15) is 0 Å². The zero-order valence-electron chi connectivity index (χ0n) is 10.5. The summed E-state index contributed by atoms with van der Waals surface area (Å²) in [5, 5.41) is 0. The number of hydrogen-bond acceptors (Lipinski definition) is 0. The molecule has 86 valence electrons. The molecule has 17 heavy (non-hydrogen) atoms. The normalized spacial score (nSPS) is 21.9. The monoisotopic (exact) mass is 222 g/mol. The minimum absolute atomic E-state index is 0.481. The summed E-state index contributed by atoms with van der Waals surface area (Å²) in [5.74, 6) is 0.481. The molecule has 0 aromatic heterocycles. The molecule has 0 bridgehead atoms. The van der Waals surface area contributed by atoms with Crippen LogP contribution in [0.5, 0.6) is 0 Å². The number of aryl methyl sites for hydroxylation is 1. The average Bonchev–Trinajstić information content (AvgIpc) is 2.47. The van der Waals surface area contributed by atoms with Gasteiger partial charge in [0.15, 0.2) is 0 Å². The smallest absolute Gasteiger partial charge is 0.00752 e. The second-order valence-corrected chi connectivity index (χ2v) is 4.56. The average molecular weight is 222 g/mol. The van der Waals surface area contributed by atoms with E-state index in [0.717, 1.165) is 5.57 Å². The number of benzene rings is 1. The van der Waals surface area contributed by atoms with E-state index in [1.807, 2.05) is 0 Å². The maximum atomic E-state index is 4.11. The Hall–Kier alpha value is -1.82. The zero-order chi connectivity index (χ0) is 12.3. The van der Waals surface area contributed by atoms with Crippen molar-refractivity contribution in [2.24, 2.45) is 5.92 Å².